The van der Waals surface area contributed by atoms with Crippen molar-refractivity contribution in [3.63, 3.8) is 0 Å². The van der Waals surface area contributed by atoms with Gasteiger partial charge in [-0.1, -0.05) is 79.2 Å². The van der Waals surface area contributed by atoms with Crippen LogP contribution in [0.3, 0.4) is 0 Å². The van der Waals surface area contributed by atoms with E-state index in [0.29, 0.717) is 6.61 Å². The summed E-state index contributed by atoms with van der Waals surface area (Å²) < 4.78 is 42.1. The second kappa shape index (κ2) is 21.6. The van der Waals surface area contributed by atoms with Crippen molar-refractivity contribution in [1.82, 2.24) is 0 Å². The van der Waals surface area contributed by atoms with Crippen molar-refractivity contribution in [2.45, 2.75) is 92.7 Å². The van der Waals surface area contributed by atoms with Gasteiger partial charge in [0.25, 0.3) is 5.97 Å². The summed E-state index contributed by atoms with van der Waals surface area (Å²) in [6.07, 6.45) is 5.00. The topological polar surface area (TPSA) is 46.5 Å². The first-order valence-corrected chi connectivity index (χ1v) is 10.3. The van der Waals surface area contributed by atoms with Crippen molar-refractivity contribution < 1.29 is 27.8 Å². The zero-order valence-electron chi connectivity index (χ0n) is 18.4. The minimum absolute atomic E-state index is 0.276. The first kappa shape index (κ1) is 31.0. The minimum Gasteiger partial charge on any atom is -0.494 e. The van der Waals surface area contributed by atoms with Crippen molar-refractivity contribution in [2.75, 3.05) is 6.61 Å². The highest BCUT2D eigenvalue weighted by Crippen LogP contribution is 2.31. The van der Waals surface area contributed by atoms with Crippen LogP contribution in [0.4, 0.5) is 13.2 Å². The standard InChI is InChI=1S/C11H13F3O.C5H10.C2H4O2.2C2H6/c1-2-3-7-15-10-6-4-5-9(8-10)11(12,13)14;1-2-4-5-3-1;1-2(3)4;2*1-2/h4-6,8H,2-3,7H2,1H3;1-5H2;1H3,(H,3,4);2*1-2H3. The third kappa shape index (κ3) is 22.3. The molecular weight excluding hydrogens is 369 g/mol. The second-order valence-electron chi connectivity index (χ2n) is 5.51. The number of rotatable bonds is 4. The quantitative estimate of drug-likeness (QED) is 0.514. The van der Waals surface area contributed by atoms with Crippen molar-refractivity contribution >= 4 is 5.97 Å². The third-order valence-corrected chi connectivity index (χ3v) is 3.18. The zero-order valence-corrected chi connectivity index (χ0v) is 18.4. The summed E-state index contributed by atoms with van der Waals surface area (Å²) >= 11 is 0. The predicted octanol–water partition coefficient (Wildman–Crippen LogP) is 7.98. The van der Waals surface area contributed by atoms with Gasteiger partial charge in [-0.15, -0.1) is 0 Å². The average molecular weight is 409 g/mol. The summed E-state index contributed by atoms with van der Waals surface area (Å²) in [6, 6.07) is 4.94. The van der Waals surface area contributed by atoms with Crippen molar-refractivity contribution in [2.24, 2.45) is 0 Å². The number of hydrogen-bond donors (Lipinski definition) is 1. The fraction of sp³-hybridized carbons (Fsp3) is 0.682. The average Bonchev–Trinajstić information content (AvgIpc) is 3.25. The molecular formula is C22H39F3O3. The van der Waals surface area contributed by atoms with Crippen LogP contribution in [0.1, 0.15) is 92.1 Å². The maximum atomic E-state index is 12.3. The number of carboxylic acid groups (broad SMARTS) is 1. The highest BCUT2D eigenvalue weighted by atomic mass is 19.4. The van der Waals surface area contributed by atoms with E-state index in [9.17, 15) is 13.2 Å². The van der Waals surface area contributed by atoms with Gasteiger partial charge in [-0.3, -0.25) is 4.79 Å². The lowest BCUT2D eigenvalue weighted by Crippen LogP contribution is -2.05. The highest BCUT2D eigenvalue weighted by Gasteiger charge is 2.30. The van der Waals surface area contributed by atoms with Crippen LogP contribution < -0.4 is 4.74 Å². The molecule has 0 amide bonds. The maximum absolute atomic E-state index is 12.3. The number of unbranched alkanes of at least 4 members (excludes halogenated alkanes) is 1. The molecule has 6 heteroatoms. The molecule has 0 unspecified atom stereocenters. The molecule has 1 saturated carbocycles. The molecule has 1 aliphatic carbocycles. The van der Waals surface area contributed by atoms with E-state index >= 15 is 0 Å². The van der Waals surface area contributed by atoms with Crippen LogP contribution in [0.15, 0.2) is 24.3 Å². The van der Waals surface area contributed by atoms with Gasteiger partial charge in [0.1, 0.15) is 5.75 Å². The van der Waals surface area contributed by atoms with Gasteiger partial charge in [0.2, 0.25) is 0 Å². The summed E-state index contributed by atoms with van der Waals surface area (Å²) in [7, 11) is 0. The molecule has 1 aliphatic rings. The Labute approximate surface area is 169 Å². The molecule has 2 rings (SSSR count). The van der Waals surface area contributed by atoms with E-state index in [1.54, 1.807) is 0 Å². The molecule has 3 nitrogen and oxygen atoms in total. The number of carboxylic acids is 1. The Balaban J connectivity index is -0.000000393. The number of carbonyl (C=O) groups is 1. The Kier molecular flexibility index (Phi) is 23.9. The summed E-state index contributed by atoms with van der Waals surface area (Å²) in [5, 5.41) is 7.42. The van der Waals surface area contributed by atoms with E-state index in [1.807, 2.05) is 34.6 Å². The summed E-state index contributed by atoms with van der Waals surface area (Å²) in [5.74, 6) is -0.557. The van der Waals surface area contributed by atoms with Gasteiger partial charge in [-0.05, 0) is 24.6 Å². The Morgan fingerprint density at radius 1 is 1.04 bits per heavy atom. The fourth-order valence-corrected chi connectivity index (χ4v) is 1.98. The molecule has 0 spiro atoms. The summed E-state index contributed by atoms with van der Waals surface area (Å²) in [4.78, 5) is 9.00. The van der Waals surface area contributed by atoms with Crippen LogP contribution in [0.5, 0.6) is 5.75 Å². The highest BCUT2D eigenvalue weighted by molar-refractivity contribution is 5.62. The van der Waals surface area contributed by atoms with Gasteiger partial charge in [-0.25, -0.2) is 0 Å². The van der Waals surface area contributed by atoms with Crippen molar-refractivity contribution in [1.29, 1.82) is 0 Å². The lowest BCUT2D eigenvalue weighted by molar-refractivity contribution is -0.137. The fourth-order valence-electron chi connectivity index (χ4n) is 1.98. The van der Waals surface area contributed by atoms with Crippen LogP contribution in [0.25, 0.3) is 0 Å². The smallest absolute Gasteiger partial charge is 0.416 e. The molecule has 0 saturated heterocycles. The minimum atomic E-state index is -4.30. The number of hydrogen-bond acceptors (Lipinski definition) is 2. The molecule has 1 aromatic carbocycles. The molecule has 1 N–H and O–H groups in total. The normalized spacial score (nSPS) is 11.8. The SMILES string of the molecule is C1CCCC1.CC.CC.CC(=O)O.CCCCOc1cccc(C(F)(F)F)c1. The molecule has 0 heterocycles. The number of ether oxygens (including phenoxy) is 1. The predicted molar refractivity (Wildman–Crippen MR) is 111 cm³/mol. The molecule has 28 heavy (non-hydrogen) atoms. The van der Waals surface area contributed by atoms with Gasteiger partial charge >= 0.3 is 6.18 Å². The molecule has 1 fully saturated rings. The number of halogens is 3. The summed E-state index contributed by atoms with van der Waals surface area (Å²) in [6.45, 7) is 11.5. The number of alkyl halides is 3. The largest absolute Gasteiger partial charge is 0.494 e. The van der Waals surface area contributed by atoms with Crippen LogP contribution in [-0.2, 0) is 11.0 Å². The third-order valence-electron chi connectivity index (χ3n) is 3.18. The molecule has 0 atom stereocenters. The lowest BCUT2D eigenvalue weighted by atomic mass is 10.2. The first-order valence-electron chi connectivity index (χ1n) is 10.3. The Morgan fingerprint density at radius 2 is 1.46 bits per heavy atom. The molecule has 0 aromatic heterocycles. The van der Waals surface area contributed by atoms with E-state index in [1.165, 1.54) is 44.2 Å². The Hall–Kier alpha value is -1.72. The summed E-state index contributed by atoms with van der Waals surface area (Å²) in [5.41, 5.74) is -0.670. The second-order valence-corrected chi connectivity index (χ2v) is 5.51. The van der Waals surface area contributed by atoms with Gasteiger partial charge < -0.3 is 9.84 Å². The van der Waals surface area contributed by atoms with Crippen LogP contribution in [0, 0.1) is 0 Å². The van der Waals surface area contributed by atoms with E-state index in [4.69, 9.17) is 14.6 Å². The molecule has 0 bridgehead atoms. The van der Waals surface area contributed by atoms with Gasteiger partial charge in [0, 0.05) is 6.92 Å². The van der Waals surface area contributed by atoms with Crippen molar-refractivity contribution in [3.8, 4) is 5.75 Å². The molecule has 166 valence electrons. The van der Waals surface area contributed by atoms with Gasteiger partial charge in [-0.2, -0.15) is 13.2 Å². The van der Waals surface area contributed by atoms with Crippen LogP contribution in [0.2, 0.25) is 0 Å². The van der Waals surface area contributed by atoms with Crippen LogP contribution in [-0.4, -0.2) is 17.7 Å². The zero-order chi connectivity index (χ0) is 22.4. The molecule has 0 radical (unpaired) electrons. The van der Waals surface area contributed by atoms with E-state index in [-0.39, 0.29) is 5.75 Å². The van der Waals surface area contributed by atoms with Crippen LogP contribution >= 0.6 is 0 Å². The number of aliphatic carboxylic acids is 1. The molecule has 1 aromatic rings. The van der Waals surface area contributed by atoms with E-state index < -0.39 is 17.7 Å². The van der Waals surface area contributed by atoms with E-state index in [0.717, 1.165) is 31.9 Å². The van der Waals surface area contributed by atoms with Gasteiger partial charge in [0.05, 0.1) is 12.2 Å². The van der Waals surface area contributed by atoms with Crippen molar-refractivity contribution in [3.05, 3.63) is 29.8 Å². The Morgan fingerprint density at radius 3 is 1.82 bits per heavy atom. The number of benzene rings is 1. The monoisotopic (exact) mass is 408 g/mol. The lowest BCUT2D eigenvalue weighted by Gasteiger charge is -2.09. The van der Waals surface area contributed by atoms with E-state index in [2.05, 4.69) is 0 Å². The molecule has 0 aliphatic heterocycles. The Bertz CT molecular complexity index is 445. The first-order chi connectivity index (χ1) is 13.3. The maximum Gasteiger partial charge on any atom is 0.416 e. The van der Waals surface area contributed by atoms with Gasteiger partial charge in [0.15, 0.2) is 0 Å².